The lowest BCUT2D eigenvalue weighted by Gasteiger charge is -2.27. The van der Waals surface area contributed by atoms with E-state index in [9.17, 15) is 18.4 Å². The predicted molar refractivity (Wildman–Crippen MR) is 114 cm³/mol. The highest BCUT2D eigenvalue weighted by Crippen LogP contribution is 2.30. The Balaban J connectivity index is 2.20. The smallest absolute Gasteiger partial charge is 0.408 e. The van der Waals surface area contributed by atoms with Crippen LogP contribution in [0.3, 0.4) is 0 Å². The molecule has 2 atom stereocenters. The van der Waals surface area contributed by atoms with Crippen molar-refractivity contribution in [2.24, 2.45) is 0 Å². The normalized spacial score (nSPS) is 13.4. The Bertz CT molecular complexity index is 830. The molecule has 0 fully saturated rings. The third-order valence-electron chi connectivity index (χ3n) is 4.61. The van der Waals surface area contributed by atoms with E-state index in [0.717, 1.165) is 0 Å². The van der Waals surface area contributed by atoms with Gasteiger partial charge in [-0.1, -0.05) is 31.2 Å². The molecule has 0 aromatic heterocycles. The van der Waals surface area contributed by atoms with Gasteiger partial charge in [0.15, 0.2) is 0 Å². The number of hydrogen-bond acceptors (Lipinski definition) is 4. The summed E-state index contributed by atoms with van der Waals surface area (Å²) in [6.45, 7) is 8.62. The highest BCUT2D eigenvalue weighted by atomic mass is 19.1. The molecule has 1 N–H and O–H groups in total. The third-order valence-corrected chi connectivity index (χ3v) is 4.61. The minimum atomic E-state index is -0.889. The fourth-order valence-electron chi connectivity index (χ4n) is 3.19. The van der Waals surface area contributed by atoms with Crippen LogP contribution in [0.15, 0.2) is 48.5 Å². The number of nitrogens with one attached hydrogen (secondary N) is 1. The van der Waals surface area contributed by atoms with Crippen LogP contribution in [0.4, 0.5) is 13.6 Å². The van der Waals surface area contributed by atoms with E-state index in [-0.39, 0.29) is 11.6 Å². The number of alkyl carbamates (subject to hydrolysis) is 1. The summed E-state index contributed by atoms with van der Waals surface area (Å²) in [7, 11) is 0. The molecule has 0 bridgehead atoms. The van der Waals surface area contributed by atoms with Crippen LogP contribution in [0.1, 0.15) is 58.1 Å². The molecule has 0 saturated heterocycles. The maximum atomic E-state index is 13.4. The topological polar surface area (TPSA) is 64.6 Å². The number of amides is 1. The summed E-state index contributed by atoms with van der Waals surface area (Å²) in [4.78, 5) is 24.8. The molecule has 0 unspecified atom stereocenters. The summed E-state index contributed by atoms with van der Waals surface area (Å²) in [5, 5.41) is 2.53. The highest BCUT2D eigenvalue weighted by molar-refractivity contribution is 5.81. The second-order valence-corrected chi connectivity index (χ2v) is 8.33. The quantitative estimate of drug-likeness (QED) is 0.600. The van der Waals surface area contributed by atoms with Crippen LogP contribution in [-0.2, 0) is 14.3 Å². The van der Waals surface area contributed by atoms with Gasteiger partial charge in [-0.05, 0) is 69.5 Å². The third kappa shape index (κ3) is 7.35. The number of rotatable bonds is 7. The Morgan fingerprint density at radius 1 is 0.935 bits per heavy atom. The van der Waals surface area contributed by atoms with Gasteiger partial charge < -0.3 is 14.8 Å². The van der Waals surface area contributed by atoms with Gasteiger partial charge in [0.05, 0.1) is 0 Å². The molecule has 168 valence electrons. The van der Waals surface area contributed by atoms with Gasteiger partial charge in [0.1, 0.15) is 29.4 Å². The molecule has 0 heterocycles. The lowest BCUT2D eigenvalue weighted by molar-refractivity contribution is -0.151. The molecule has 0 radical (unpaired) electrons. The first-order chi connectivity index (χ1) is 14.5. The Morgan fingerprint density at radius 2 is 1.39 bits per heavy atom. The zero-order chi connectivity index (χ0) is 23.2. The van der Waals surface area contributed by atoms with Crippen molar-refractivity contribution in [2.45, 2.75) is 64.7 Å². The minimum Gasteiger partial charge on any atom is -0.460 e. The molecule has 0 spiro atoms. The zero-order valence-corrected chi connectivity index (χ0v) is 18.4. The van der Waals surface area contributed by atoms with Crippen molar-refractivity contribution in [3.63, 3.8) is 0 Å². The Hall–Kier alpha value is -2.96. The number of hydrogen-bond donors (Lipinski definition) is 1. The molecule has 2 rings (SSSR count). The van der Waals surface area contributed by atoms with Gasteiger partial charge >= 0.3 is 12.1 Å². The molecule has 0 aliphatic rings. The molecule has 5 nitrogen and oxygen atoms in total. The lowest BCUT2D eigenvalue weighted by atomic mass is 9.87. The molecular formula is C24H29F2NO4. The van der Waals surface area contributed by atoms with Crippen LogP contribution in [-0.4, -0.2) is 29.8 Å². The van der Waals surface area contributed by atoms with Gasteiger partial charge in [0, 0.05) is 5.92 Å². The Labute approximate surface area is 181 Å². The Morgan fingerprint density at radius 3 is 1.77 bits per heavy atom. The summed E-state index contributed by atoms with van der Waals surface area (Å²) < 4.78 is 37.7. The standard InChI is InChI=1S/C24H29F2NO4/c1-6-20(27-23(29)31-24(3,4)5)22(28)30-15(2)21(16-7-11-18(25)12-8-16)17-9-13-19(26)14-10-17/h7-15,20-21H,6H2,1-5H3,(H,27,29)/t15-,20-/m0/s1. The maximum Gasteiger partial charge on any atom is 0.408 e. The van der Waals surface area contributed by atoms with Gasteiger partial charge in [-0.2, -0.15) is 0 Å². The summed E-state index contributed by atoms with van der Waals surface area (Å²) >= 11 is 0. The zero-order valence-electron chi connectivity index (χ0n) is 18.4. The summed E-state index contributed by atoms with van der Waals surface area (Å²) in [6, 6.07) is 10.8. The molecule has 0 aliphatic heterocycles. The van der Waals surface area contributed by atoms with E-state index in [1.54, 1.807) is 58.9 Å². The van der Waals surface area contributed by atoms with Crippen molar-refractivity contribution in [1.29, 1.82) is 0 Å². The average Bonchev–Trinajstić information content (AvgIpc) is 2.67. The van der Waals surface area contributed by atoms with Crippen molar-refractivity contribution in [3.8, 4) is 0 Å². The van der Waals surface area contributed by atoms with E-state index >= 15 is 0 Å². The predicted octanol–water partition coefficient (Wildman–Crippen LogP) is 5.33. The second-order valence-electron chi connectivity index (χ2n) is 8.33. The molecular weight excluding hydrogens is 404 g/mol. The Kier molecular flexibility index (Phi) is 8.14. The lowest BCUT2D eigenvalue weighted by Crippen LogP contribution is -2.45. The molecule has 0 aliphatic carbocycles. The SMILES string of the molecule is CC[C@H](NC(=O)OC(C)(C)C)C(=O)O[C@@H](C)C(c1ccc(F)cc1)c1ccc(F)cc1. The molecule has 7 heteroatoms. The van der Waals surface area contributed by atoms with E-state index < -0.39 is 35.7 Å². The summed E-state index contributed by atoms with van der Waals surface area (Å²) in [6.07, 6.45) is -1.07. The van der Waals surface area contributed by atoms with E-state index in [1.165, 1.54) is 24.3 Å². The van der Waals surface area contributed by atoms with Crippen molar-refractivity contribution in [3.05, 3.63) is 71.3 Å². The molecule has 2 aromatic carbocycles. The summed E-state index contributed by atoms with van der Waals surface area (Å²) in [5.74, 6) is -1.85. The molecule has 31 heavy (non-hydrogen) atoms. The largest absolute Gasteiger partial charge is 0.460 e. The van der Waals surface area contributed by atoms with Crippen molar-refractivity contribution < 1.29 is 27.8 Å². The average molecular weight is 433 g/mol. The number of benzene rings is 2. The molecule has 1 amide bonds. The van der Waals surface area contributed by atoms with Crippen LogP contribution < -0.4 is 5.32 Å². The monoisotopic (exact) mass is 433 g/mol. The fraction of sp³-hybridized carbons (Fsp3) is 0.417. The minimum absolute atomic E-state index is 0.308. The van der Waals surface area contributed by atoms with Crippen LogP contribution >= 0.6 is 0 Å². The first-order valence-electron chi connectivity index (χ1n) is 10.2. The van der Waals surface area contributed by atoms with Crippen LogP contribution in [0.2, 0.25) is 0 Å². The highest BCUT2D eigenvalue weighted by Gasteiger charge is 2.29. The maximum absolute atomic E-state index is 13.4. The number of esters is 1. The molecule has 0 saturated carbocycles. The van der Waals surface area contributed by atoms with Crippen molar-refractivity contribution in [1.82, 2.24) is 5.32 Å². The second kappa shape index (κ2) is 10.4. The number of carbonyl (C=O) groups is 2. The number of carbonyl (C=O) groups excluding carboxylic acids is 2. The first-order valence-corrected chi connectivity index (χ1v) is 10.2. The van der Waals surface area contributed by atoms with Crippen molar-refractivity contribution in [2.75, 3.05) is 0 Å². The van der Waals surface area contributed by atoms with E-state index in [2.05, 4.69) is 5.32 Å². The first kappa shape index (κ1) is 24.3. The van der Waals surface area contributed by atoms with Gasteiger partial charge in [0.2, 0.25) is 0 Å². The van der Waals surface area contributed by atoms with Crippen LogP contribution in [0.5, 0.6) is 0 Å². The number of ether oxygens (including phenoxy) is 2. The van der Waals surface area contributed by atoms with E-state index in [0.29, 0.717) is 17.5 Å². The van der Waals surface area contributed by atoms with Crippen LogP contribution in [0.25, 0.3) is 0 Å². The number of halogens is 2. The van der Waals surface area contributed by atoms with Gasteiger partial charge in [-0.15, -0.1) is 0 Å². The molecule has 2 aromatic rings. The van der Waals surface area contributed by atoms with Gasteiger partial charge in [0.25, 0.3) is 0 Å². The van der Waals surface area contributed by atoms with Crippen molar-refractivity contribution >= 4 is 12.1 Å². The van der Waals surface area contributed by atoms with Gasteiger partial charge in [-0.3, -0.25) is 0 Å². The summed E-state index contributed by atoms with van der Waals surface area (Å²) in [5.41, 5.74) is 0.721. The van der Waals surface area contributed by atoms with E-state index in [4.69, 9.17) is 9.47 Å². The van der Waals surface area contributed by atoms with Crippen LogP contribution in [0, 0.1) is 11.6 Å². The van der Waals surface area contributed by atoms with Gasteiger partial charge in [-0.25, -0.2) is 18.4 Å². The van der Waals surface area contributed by atoms with E-state index in [1.807, 2.05) is 0 Å². The fourth-order valence-corrected chi connectivity index (χ4v) is 3.19.